The average molecular weight is 335 g/mol. The van der Waals surface area contributed by atoms with Gasteiger partial charge in [-0.3, -0.25) is 0 Å². The summed E-state index contributed by atoms with van der Waals surface area (Å²) in [6.07, 6.45) is 5.27. The van der Waals surface area contributed by atoms with Crippen molar-refractivity contribution >= 4 is 10.0 Å². The van der Waals surface area contributed by atoms with Gasteiger partial charge in [-0.1, -0.05) is 24.3 Å². The van der Waals surface area contributed by atoms with Crippen LogP contribution in [-0.2, 0) is 21.3 Å². The molecular formula is C16H21N3O3S. The summed E-state index contributed by atoms with van der Waals surface area (Å²) in [4.78, 5) is 7.29. The molecule has 1 saturated heterocycles. The van der Waals surface area contributed by atoms with Gasteiger partial charge in [0.15, 0.2) is 0 Å². The van der Waals surface area contributed by atoms with Crippen molar-refractivity contribution in [3.63, 3.8) is 0 Å². The number of rotatable bonds is 6. The first-order valence-electron chi connectivity index (χ1n) is 7.77. The van der Waals surface area contributed by atoms with Gasteiger partial charge in [0.2, 0.25) is 10.0 Å². The van der Waals surface area contributed by atoms with Crippen molar-refractivity contribution in [3.05, 3.63) is 42.2 Å². The molecular weight excluding hydrogens is 314 g/mol. The smallest absolute Gasteiger partial charge is 0.212 e. The Labute approximate surface area is 136 Å². The van der Waals surface area contributed by atoms with E-state index in [-0.39, 0.29) is 18.2 Å². The Hall–Kier alpha value is -1.70. The Bertz CT molecular complexity index is 723. The van der Waals surface area contributed by atoms with Crippen LogP contribution < -0.4 is 4.72 Å². The highest BCUT2D eigenvalue weighted by Crippen LogP contribution is 2.20. The summed E-state index contributed by atoms with van der Waals surface area (Å²) in [5.41, 5.74) is 1.80. The Kier molecular flexibility index (Phi) is 5.09. The van der Waals surface area contributed by atoms with Gasteiger partial charge in [-0.15, -0.1) is 0 Å². The Morgan fingerprint density at radius 2 is 2.22 bits per heavy atom. The van der Waals surface area contributed by atoms with Crippen molar-refractivity contribution in [2.24, 2.45) is 5.92 Å². The van der Waals surface area contributed by atoms with Gasteiger partial charge in [-0.05, 0) is 24.3 Å². The lowest BCUT2D eigenvalue weighted by Crippen LogP contribution is -2.33. The number of nitrogens with zero attached hydrogens (tertiary/aromatic N) is 1. The Balaban J connectivity index is 1.66. The van der Waals surface area contributed by atoms with E-state index in [4.69, 9.17) is 4.74 Å². The zero-order valence-corrected chi connectivity index (χ0v) is 13.7. The lowest BCUT2D eigenvalue weighted by Gasteiger charge is -2.22. The molecule has 1 atom stereocenters. The van der Waals surface area contributed by atoms with Crippen molar-refractivity contribution in [2.75, 3.05) is 19.0 Å². The minimum atomic E-state index is -3.33. The number of hydrogen-bond acceptors (Lipinski definition) is 4. The second kappa shape index (κ2) is 7.25. The standard InChI is InChI=1S/C16H21N3O3S/c20-23(21,12-13-4-3-9-22-11-13)19-10-14-5-1-2-6-15(14)16-17-7-8-18-16/h1-2,5-8,13,19H,3-4,9-12H2,(H,17,18)/t13-/m0/s1. The molecule has 0 aliphatic carbocycles. The highest BCUT2D eigenvalue weighted by Gasteiger charge is 2.22. The molecule has 2 heterocycles. The molecule has 1 aliphatic heterocycles. The molecule has 1 aromatic heterocycles. The summed E-state index contributed by atoms with van der Waals surface area (Å²) in [5.74, 6) is 0.942. The second-order valence-corrected chi connectivity index (χ2v) is 7.63. The van der Waals surface area contributed by atoms with E-state index in [1.54, 1.807) is 12.4 Å². The summed E-state index contributed by atoms with van der Waals surface area (Å²) in [6, 6.07) is 7.64. The van der Waals surface area contributed by atoms with Crippen molar-refractivity contribution in [2.45, 2.75) is 19.4 Å². The van der Waals surface area contributed by atoms with Crippen LogP contribution in [0.1, 0.15) is 18.4 Å². The van der Waals surface area contributed by atoms with Crippen LogP contribution in [0.15, 0.2) is 36.7 Å². The van der Waals surface area contributed by atoms with E-state index in [9.17, 15) is 8.42 Å². The monoisotopic (exact) mass is 335 g/mol. The van der Waals surface area contributed by atoms with Crippen LogP contribution in [0, 0.1) is 5.92 Å². The third-order valence-electron chi connectivity index (χ3n) is 3.96. The van der Waals surface area contributed by atoms with Gasteiger partial charge in [0, 0.05) is 31.1 Å². The molecule has 0 unspecified atom stereocenters. The van der Waals surface area contributed by atoms with Crippen molar-refractivity contribution in [1.29, 1.82) is 0 Å². The Morgan fingerprint density at radius 1 is 1.35 bits per heavy atom. The molecule has 2 aromatic rings. The zero-order chi connectivity index (χ0) is 16.1. The molecule has 1 aliphatic rings. The van der Waals surface area contributed by atoms with Crippen molar-refractivity contribution < 1.29 is 13.2 Å². The molecule has 2 N–H and O–H groups in total. The van der Waals surface area contributed by atoms with Gasteiger partial charge in [-0.25, -0.2) is 18.1 Å². The predicted octanol–water partition coefficient (Wildman–Crippen LogP) is 1.92. The zero-order valence-electron chi connectivity index (χ0n) is 12.9. The van der Waals surface area contributed by atoms with Crippen LogP contribution in [0.2, 0.25) is 0 Å². The molecule has 0 saturated carbocycles. The van der Waals surface area contributed by atoms with E-state index in [0.717, 1.165) is 36.4 Å². The second-order valence-electron chi connectivity index (χ2n) is 5.78. The quantitative estimate of drug-likeness (QED) is 0.845. The van der Waals surface area contributed by atoms with Gasteiger partial charge in [0.1, 0.15) is 5.82 Å². The molecule has 0 bridgehead atoms. The van der Waals surface area contributed by atoms with Crippen LogP contribution in [0.5, 0.6) is 0 Å². The molecule has 0 radical (unpaired) electrons. The summed E-state index contributed by atoms with van der Waals surface area (Å²) < 4.78 is 32.6. The first-order valence-corrected chi connectivity index (χ1v) is 9.42. The van der Waals surface area contributed by atoms with Gasteiger partial charge < -0.3 is 9.72 Å². The molecule has 124 valence electrons. The van der Waals surface area contributed by atoms with Gasteiger partial charge in [0.25, 0.3) is 0 Å². The van der Waals surface area contributed by atoms with E-state index >= 15 is 0 Å². The maximum Gasteiger partial charge on any atom is 0.212 e. The lowest BCUT2D eigenvalue weighted by atomic mass is 10.1. The number of sulfonamides is 1. The molecule has 0 spiro atoms. The van der Waals surface area contributed by atoms with E-state index in [1.807, 2.05) is 24.3 Å². The number of benzene rings is 1. The number of aromatic nitrogens is 2. The molecule has 6 nitrogen and oxygen atoms in total. The molecule has 3 rings (SSSR count). The van der Waals surface area contributed by atoms with Crippen LogP contribution in [-0.4, -0.2) is 37.4 Å². The van der Waals surface area contributed by atoms with E-state index < -0.39 is 10.0 Å². The first-order chi connectivity index (χ1) is 11.1. The van der Waals surface area contributed by atoms with Crippen molar-refractivity contribution in [1.82, 2.24) is 14.7 Å². The molecule has 1 fully saturated rings. The summed E-state index contributed by atoms with van der Waals surface area (Å²) in [5, 5.41) is 0. The lowest BCUT2D eigenvalue weighted by molar-refractivity contribution is 0.0625. The average Bonchev–Trinajstić information content (AvgIpc) is 3.08. The van der Waals surface area contributed by atoms with Crippen LogP contribution in [0.3, 0.4) is 0 Å². The fraction of sp³-hybridized carbons (Fsp3) is 0.438. The van der Waals surface area contributed by atoms with Gasteiger partial charge in [0.05, 0.1) is 12.4 Å². The normalized spacial score (nSPS) is 18.9. The molecule has 1 aromatic carbocycles. The number of hydrogen-bond donors (Lipinski definition) is 2. The number of aromatic amines is 1. The van der Waals surface area contributed by atoms with E-state index in [0.29, 0.717) is 6.61 Å². The van der Waals surface area contributed by atoms with Crippen molar-refractivity contribution in [3.8, 4) is 11.4 Å². The Morgan fingerprint density at radius 3 is 2.96 bits per heavy atom. The minimum Gasteiger partial charge on any atom is -0.381 e. The van der Waals surface area contributed by atoms with Crippen LogP contribution in [0.4, 0.5) is 0 Å². The SMILES string of the molecule is O=S(=O)(C[C@H]1CCCOC1)NCc1ccccc1-c1ncc[nH]1. The third-order valence-corrected chi connectivity index (χ3v) is 5.46. The first kappa shape index (κ1) is 16.2. The van der Waals surface area contributed by atoms with Gasteiger partial charge in [-0.2, -0.15) is 0 Å². The highest BCUT2D eigenvalue weighted by molar-refractivity contribution is 7.89. The van der Waals surface area contributed by atoms with E-state index in [2.05, 4.69) is 14.7 Å². The fourth-order valence-electron chi connectivity index (χ4n) is 2.81. The molecule has 7 heteroatoms. The fourth-order valence-corrected chi connectivity index (χ4v) is 4.19. The predicted molar refractivity (Wildman–Crippen MR) is 88.2 cm³/mol. The molecule has 23 heavy (non-hydrogen) atoms. The van der Waals surface area contributed by atoms with Crippen LogP contribution >= 0.6 is 0 Å². The maximum absolute atomic E-state index is 12.3. The minimum absolute atomic E-state index is 0.0848. The number of nitrogens with one attached hydrogen (secondary N) is 2. The summed E-state index contributed by atoms with van der Waals surface area (Å²) >= 11 is 0. The summed E-state index contributed by atoms with van der Waals surface area (Å²) in [7, 11) is -3.33. The number of ether oxygens (including phenoxy) is 1. The maximum atomic E-state index is 12.3. The summed E-state index contributed by atoms with van der Waals surface area (Å²) in [6.45, 7) is 1.52. The number of H-pyrrole nitrogens is 1. The molecule has 0 amide bonds. The highest BCUT2D eigenvalue weighted by atomic mass is 32.2. The largest absolute Gasteiger partial charge is 0.381 e. The number of imidazole rings is 1. The third kappa shape index (κ3) is 4.40. The van der Waals surface area contributed by atoms with E-state index in [1.165, 1.54) is 0 Å². The van der Waals surface area contributed by atoms with Gasteiger partial charge >= 0.3 is 0 Å². The van der Waals surface area contributed by atoms with Crippen LogP contribution in [0.25, 0.3) is 11.4 Å². The topological polar surface area (TPSA) is 84.1 Å².